The SMILES string of the molecule is [C-]#[N+]c1nonc1N. The Balaban J connectivity index is 3.15. The van der Waals surface area contributed by atoms with E-state index in [9.17, 15) is 0 Å². The molecule has 40 valence electrons. The lowest BCUT2D eigenvalue weighted by atomic mass is 10.7. The molecule has 0 aliphatic rings. The van der Waals surface area contributed by atoms with E-state index >= 15 is 0 Å². The summed E-state index contributed by atoms with van der Waals surface area (Å²) >= 11 is 0. The zero-order valence-electron chi connectivity index (χ0n) is 3.83. The lowest BCUT2D eigenvalue weighted by molar-refractivity contribution is 0.311. The van der Waals surface area contributed by atoms with Crippen molar-refractivity contribution in [1.82, 2.24) is 10.3 Å². The van der Waals surface area contributed by atoms with Gasteiger partial charge in [0, 0.05) is 0 Å². The summed E-state index contributed by atoms with van der Waals surface area (Å²) in [6, 6.07) is 0. The van der Waals surface area contributed by atoms with Crippen molar-refractivity contribution in [3.63, 3.8) is 0 Å². The van der Waals surface area contributed by atoms with Crippen LogP contribution in [0.5, 0.6) is 0 Å². The topological polar surface area (TPSA) is 69.3 Å². The second-order valence-electron chi connectivity index (χ2n) is 1.08. The van der Waals surface area contributed by atoms with Crippen LogP contribution in [0, 0.1) is 6.57 Å². The number of nitrogens with two attached hydrogens (primary N) is 1. The molecule has 0 atom stereocenters. The maximum Gasteiger partial charge on any atom is 0.363 e. The Morgan fingerprint density at radius 3 is 2.62 bits per heavy atom. The first-order valence-electron chi connectivity index (χ1n) is 1.80. The minimum absolute atomic E-state index is 0.0185. The van der Waals surface area contributed by atoms with Crippen molar-refractivity contribution in [3.05, 3.63) is 11.4 Å². The van der Waals surface area contributed by atoms with Crippen LogP contribution < -0.4 is 5.73 Å². The van der Waals surface area contributed by atoms with Crippen LogP contribution in [0.25, 0.3) is 4.85 Å². The first-order valence-corrected chi connectivity index (χ1v) is 1.80. The molecule has 0 saturated heterocycles. The highest BCUT2D eigenvalue weighted by atomic mass is 16.6. The van der Waals surface area contributed by atoms with Gasteiger partial charge in [0.15, 0.2) is 5.82 Å². The van der Waals surface area contributed by atoms with Gasteiger partial charge >= 0.3 is 5.82 Å². The number of anilines is 1. The van der Waals surface area contributed by atoms with Gasteiger partial charge in [0.25, 0.3) is 0 Å². The molecule has 2 N–H and O–H groups in total. The predicted octanol–water partition coefficient (Wildman–Crippen LogP) is 0.203. The maximum atomic E-state index is 6.38. The summed E-state index contributed by atoms with van der Waals surface area (Å²) in [6.45, 7) is 6.38. The molecule has 5 nitrogen and oxygen atoms in total. The number of aromatic nitrogens is 2. The number of rotatable bonds is 0. The summed E-state index contributed by atoms with van der Waals surface area (Å²) in [4.78, 5) is 2.89. The minimum atomic E-state index is 0.0185. The fourth-order valence-corrected chi connectivity index (χ4v) is 0.268. The van der Waals surface area contributed by atoms with Gasteiger partial charge < -0.3 is 10.6 Å². The zero-order chi connectivity index (χ0) is 5.98. The molecule has 0 unspecified atom stereocenters. The van der Waals surface area contributed by atoms with Crippen LogP contribution in [0.15, 0.2) is 4.63 Å². The molecule has 5 heteroatoms. The monoisotopic (exact) mass is 110 g/mol. The van der Waals surface area contributed by atoms with Crippen molar-refractivity contribution in [1.29, 1.82) is 0 Å². The highest BCUT2D eigenvalue weighted by molar-refractivity contribution is 5.54. The minimum Gasteiger partial charge on any atom is -0.388 e. The maximum absolute atomic E-state index is 6.38. The van der Waals surface area contributed by atoms with Crippen LogP contribution in [0.4, 0.5) is 11.6 Å². The molecular weight excluding hydrogens is 108 g/mol. The molecule has 0 fully saturated rings. The average Bonchev–Trinajstić information content (AvgIpc) is 2.14. The molecule has 0 spiro atoms. The third-order valence-corrected chi connectivity index (χ3v) is 0.601. The van der Waals surface area contributed by atoms with Crippen molar-refractivity contribution in [2.75, 3.05) is 5.73 Å². The average molecular weight is 110 g/mol. The Labute approximate surface area is 44.9 Å². The molecule has 0 aromatic carbocycles. The molecule has 0 aliphatic heterocycles. The van der Waals surface area contributed by atoms with Crippen LogP contribution in [-0.2, 0) is 0 Å². The normalized spacial score (nSPS) is 8.38. The molecule has 1 aromatic heterocycles. The first-order chi connectivity index (χ1) is 3.84. The van der Waals surface area contributed by atoms with Crippen LogP contribution in [0.1, 0.15) is 0 Å². The fourth-order valence-electron chi connectivity index (χ4n) is 0.268. The van der Waals surface area contributed by atoms with E-state index in [1.807, 2.05) is 0 Å². The van der Waals surface area contributed by atoms with E-state index in [2.05, 4.69) is 19.8 Å². The Kier molecular flexibility index (Phi) is 0.860. The van der Waals surface area contributed by atoms with Crippen LogP contribution >= 0.6 is 0 Å². The zero-order valence-corrected chi connectivity index (χ0v) is 3.83. The smallest absolute Gasteiger partial charge is 0.363 e. The lowest BCUT2D eigenvalue weighted by Crippen LogP contribution is -1.81. The highest BCUT2D eigenvalue weighted by Crippen LogP contribution is 2.13. The number of hydrogen-bond donors (Lipinski definition) is 1. The van der Waals surface area contributed by atoms with Crippen LogP contribution in [0.2, 0.25) is 0 Å². The third kappa shape index (κ3) is 0.479. The predicted molar refractivity (Wildman–Crippen MR) is 25.0 cm³/mol. The second kappa shape index (κ2) is 1.50. The molecular formula is C3H2N4O. The Morgan fingerprint density at radius 2 is 2.38 bits per heavy atom. The molecule has 0 aliphatic carbocycles. The van der Waals surface area contributed by atoms with E-state index in [4.69, 9.17) is 12.3 Å². The van der Waals surface area contributed by atoms with Crippen molar-refractivity contribution >= 4 is 11.6 Å². The summed E-state index contributed by atoms with van der Waals surface area (Å²) in [5.41, 5.74) is 5.07. The van der Waals surface area contributed by atoms with Crippen molar-refractivity contribution in [2.24, 2.45) is 0 Å². The van der Waals surface area contributed by atoms with Gasteiger partial charge in [-0.25, -0.2) is 0 Å². The van der Waals surface area contributed by atoms with Gasteiger partial charge in [0.05, 0.1) is 0 Å². The van der Waals surface area contributed by atoms with Gasteiger partial charge in [-0.05, 0) is 5.16 Å². The number of hydrogen-bond acceptors (Lipinski definition) is 4. The molecule has 0 radical (unpaired) electrons. The summed E-state index contributed by atoms with van der Waals surface area (Å²) in [7, 11) is 0. The molecule has 0 saturated carbocycles. The molecule has 1 aromatic rings. The summed E-state index contributed by atoms with van der Waals surface area (Å²) < 4.78 is 4.10. The van der Waals surface area contributed by atoms with Gasteiger partial charge in [-0.1, -0.05) is 6.57 Å². The van der Waals surface area contributed by atoms with E-state index in [1.165, 1.54) is 0 Å². The molecule has 0 amide bonds. The molecule has 1 rings (SSSR count). The summed E-state index contributed by atoms with van der Waals surface area (Å²) in [6.07, 6.45) is 0. The number of nitrogens with zero attached hydrogens (tertiary/aromatic N) is 3. The first kappa shape index (κ1) is 4.59. The largest absolute Gasteiger partial charge is 0.388 e. The van der Waals surface area contributed by atoms with Gasteiger partial charge in [-0.15, -0.1) is 0 Å². The molecule has 1 heterocycles. The Hall–Kier alpha value is -1.57. The summed E-state index contributed by atoms with van der Waals surface area (Å²) in [5.74, 6) is 0.0602. The van der Waals surface area contributed by atoms with E-state index in [0.29, 0.717) is 0 Å². The van der Waals surface area contributed by atoms with Crippen molar-refractivity contribution in [3.8, 4) is 0 Å². The van der Waals surface area contributed by atoms with E-state index in [0.717, 1.165) is 0 Å². The van der Waals surface area contributed by atoms with Crippen molar-refractivity contribution < 1.29 is 4.63 Å². The van der Waals surface area contributed by atoms with Crippen molar-refractivity contribution in [2.45, 2.75) is 0 Å². The molecule has 0 bridgehead atoms. The van der Waals surface area contributed by atoms with Gasteiger partial charge in [-0.3, -0.25) is 0 Å². The van der Waals surface area contributed by atoms with Crippen LogP contribution in [-0.4, -0.2) is 10.3 Å². The standard InChI is InChI=1S/C3H2N4O/c1-5-3-2(4)6-8-7-3/h(H2,4,6). The van der Waals surface area contributed by atoms with Gasteiger partial charge in [0.2, 0.25) is 0 Å². The summed E-state index contributed by atoms with van der Waals surface area (Å²) in [5, 5.41) is 6.33. The van der Waals surface area contributed by atoms with Gasteiger partial charge in [-0.2, -0.15) is 4.63 Å². The van der Waals surface area contributed by atoms with E-state index in [-0.39, 0.29) is 11.6 Å². The van der Waals surface area contributed by atoms with Crippen LogP contribution in [0.3, 0.4) is 0 Å². The lowest BCUT2D eigenvalue weighted by Gasteiger charge is -1.72. The highest BCUT2D eigenvalue weighted by Gasteiger charge is 2.03. The molecule has 8 heavy (non-hydrogen) atoms. The van der Waals surface area contributed by atoms with Gasteiger partial charge in [0.1, 0.15) is 5.16 Å². The second-order valence-corrected chi connectivity index (χ2v) is 1.08. The van der Waals surface area contributed by atoms with E-state index < -0.39 is 0 Å². The Morgan fingerprint density at radius 1 is 1.62 bits per heavy atom. The third-order valence-electron chi connectivity index (χ3n) is 0.601. The van der Waals surface area contributed by atoms with E-state index in [1.54, 1.807) is 0 Å². The quantitative estimate of drug-likeness (QED) is 0.484. The number of nitrogen functional groups attached to an aromatic ring is 1. The Bertz CT molecular complexity index is 221. The fraction of sp³-hybridized carbons (Fsp3) is 0.